The topological polar surface area (TPSA) is 43.6 Å². The molecule has 0 aliphatic rings. The van der Waals surface area contributed by atoms with Crippen LogP contribution in [0.5, 0.6) is 0 Å². The Bertz CT molecular complexity index is 990. The van der Waals surface area contributed by atoms with E-state index < -0.39 is 0 Å². The first-order chi connectivity index (χ1) is 10.7. The largest absolute Gasteiger partial charge is 0.308 e. The van der Waals surface area contributed by atoms with E-state index in [9.17, 15) is 0 Å². The molecule has 3 heterocycles. The molecule has 0 amide bonds. The van der Waals surface area contributed by atoms with Crippen LogP contribution in [0.2, 0.25) is 5.15 Å². The molecule has 4 rings (SSSR count). The van der Waals surface area contributed by atoms with E-state index in [-0.39, 0.29) is 0 Å². The Morgan fingerprint density at radius 3 is 2.82 bits per heavy atom. The van der Waals surface area contributed by atoms with Gasteiger partial charge in [0, 0.05) is 11.6 Å². The van der Waals surface area contributed by atoms with Gasteiger partial charge in [-0.15, -0.1) is 0 Å². The van der Waals surface area contributed by atoms with Gasteiger partial charge < -0.3 is 4.57 Å². The van der Waals surface area contributed by atoms with Gasteiger partial charge in [0.15, 0.2) is 5.65 Å². The average molecular weight is 309 g/mol. The molecule has 0 spiro atoms. The van der Waals surface area contributed by atoms with Gasteiger partial charge in [0.25, 0.3) is 0 Å². The lowest BCUT2D eigenvalue weighted by Gasteiger charge is -2.07. The van der Waals surface area contributed by atoms with Crippen LogP contribution < -0.4 is 0 Å². The van der Waals surface area contributed by atoms with Crippen LogP contribution in [0.15, 0.2) is 48.7 Å². The predicted octanol–water partition coefficient (Wildman–Crippen LogP) is 3.99. The van der Waals surface area contributed by atoms with Crippen LogP contribution in [-0.2, 0) is 6.54 Å². The smallest absolute Gasteiger partial charge is 0.162 e. The van der Waals surface area contributed by atoms with Gasteiger partial charge in [0.1, 0.15) is 16.5 Å². The SMILES string of the molecule is Cc1nc2ccc(Cl)nc2n1Cc1ccc2ncccc2c1. The summed E-state index contributed by atoms with van der Waals surface area (Å²) in [5.74, 6) is 0.927. The van der Waals surface area contributed by atoms with Crippen LogP contribution in [0.25, 0.3) is 22.1 Å². The molecule has 0 aliphatic heterocycles. The van der Waals surface area contributed by atoms with Crippen molar-refractivity contribution in [2.24, 2.45) is 0 Å². The van der Waals surface area contributed by atoms with Crippen molar-refractivity contribution in [3.63, 3.8) is 0 Å². The Balaban J connectivity index is 1.81. The van der Waals surface area contributed by atoms with E-state index in [0.717, 1.165) is 27.9 Å². The zero-order valence-electron chi connectivity index (χ0n) is 12.0. The lowest BCUT2D eigenvalue weighted by atomic mass is 10.1. The van der Waals surface area contributed by atoms with E-state index in [2.05, 4.69) is 37.7 Å². The monoisotopic (exact) mass is 308 g/mol. The zero-order valence-corrected chi connectivity index (χ0v) is 12.7. The van der Waals surface area contributed by atoms with E-state index >= 15 is 0 Å². The molecule has 108 valence electrons. The van der Waals surface area contributed by atoms with Crippen LogP contribution in [0.4, 0.5) is 0 Å². The van der Waals surface area contributed by atoms with E-state index in [4.69, 9.17) is 11.6 Å². The minimum absolute atomic E-state index is 0.483. The molecular weight excluding hydrogens is 296 g/mol. The predicted molar refractivity (Wildman–Crippen MR) is 88.1 cm³/mol. The van der Waals surface area contributed by atoms with Crippen molar-refractivity contribution in [1.82, 2.24) is 19.5 Å². The summed E-state index contributed by atoms with van der Waals surface area (Å²) < 4.78 is 2.08. The van der Waals surface area contributed by atoms with Crippen molar-refractivity contribution >= 4 is 33.7 Å². The molecule has 5 heteroatoms. The summed E-state index contributed by atoms with van der Waals surface area (Å²) in [6.45, 7) is 2.69. The molecule has 0 saturated carbocycles. The van der Waals surface area contributed by atoms with Crippen molar-refractivity contribution in [2.75, 3.05) is 0 Å². The van der Waals surface area contributed by atoms with Crippen molar-refractivity contribution in [2.45, 2.75) is 13.5 Å². The number of halogens is 1. The molecule has 4 nitrogen and oxygen atoms in total. The summed E-state index contributed by atoms with van der Waals surface area (Å²) in [6, 6.07) is 14.0. The van der Waals surface area contributed by atoms with Gasteiger partial charge in [-0.3, -0.25) is 4.98 Å². The number of benzene rings is 1. The number of hydrogen-bond donors (Lipinski definition) is 0. The average Bonchev–Trinajstić information content (AvgIpc) is 2.83. The van der Waals surface area contributed by atoms with Crippen LogP contribution in [0.1, 0.15) is 11.4 Å². The van der Waals surface area contributed by atoms with E-state index in [1.807, 2.05) is 25.1 Å². The van der Waals surface area contributed by atoms with Gasteiger partial charge in [-0.2, -0.15) is 0 Å². The molecular formula is C17H13ClN4. The quantitative estimate of drug-likeness (QED) is 0.526. The molecule has 0 unspecified atom stereocenters. The summed E-state index contributed by atoms with van der Waals surface area (Å²) >= 11 is 6.02. The molecule has 0 atom stereocenters. The maximum absolute atomic E-state index is 6.02. The lowest BCUT2D eigenvalue weighted by Crippen LogP contribution is -2.03. The van der Waals surface area contributed by atoms with Crippen molar-refractivity contribution in [1.29, 1.82) is 0 Å². The van der Waals surface area contributed by atoms with Gasteiger partial charge in [0.05, 0.1) is 12.1 Å². The van der Waals surface area contributed by atoms with Gasteiger partial charge >= 0.3 is 0 Å². The Morgan fingerprint density at radius 1 is 1.05 bits per heavy atom. The summed E-state index contributed by atoms with van der Waals surface area (Å²) in [5, 5.41) is 1.62. The molecule has 0 bridgehead atoms. The fraction of sp³-hybridized carbons (Fsp3) is 0.118. The number of imidazole rings is 1. The minimum Gasteiger partial charge on any atom is -0.308 e. The summed E-state index contributed by atoms with van der Waals surface area (Å²) in [4.78, 5) is 13.3. The first-order valence-corrected chi connectivity index (χ1v) is 7.41. The second-order valence-electron chi connectivity index (χ2n) is 5.25. The van der Waals surface area contributed by atoms with Crippen LogP contribution in [0, 0.1) is 6.92 Å². The Hall–Kier alpha value is -2.46. The molecule has 1 aromatic carbocycles. The third kappa shape index (κ3) is 2.22. The standard InChI is InChI=1S/C17H13ClN4/c1-11-20-15-6-7-16(18)21-17(15)22(11)10-12-4-5-14-13(9-12)3-2-8-19-14/h2-9H,10H2,1H3. The second-order valence-corrected chi connectivity index (χ2v) is 5.64. The van der Waals surface area contributed by atoms with Crippen molar-refractivity contribution in [3.05, 3.63) is 65.2 Å². The van der Waals surface area contributed by atoms with Crippen molar-refractivity contribution < 1.29 is 0 Å². The van der Waals surface area contributed by atoms with Crippen LogP contribution in [-0.4, -0.2) is 19.5 Å². The third-order valence-corrected chi connectivity index (χ3v) is 3.97. The number of nitrogens with zero attached hydrogens (tertiary/aromatic N) is 4. The molecule has 0 fully saturated rings. The summed E-state index contributed by atoms with van der Waals surface area (Å²) in [7, 11) is 0. The lowest BCUT2D eigenvalue weighted by molar-refractivity contribution is 0.778. The van der Waals surface area contributed by atoms with E-state index in [0.29, 0.717) is 11.7 Å². The number of rotatable bonds is 2. The third-order valence-electron chi connectivity index (χ3n) is 3.76. The molecule has 22 heavy (non-hydrogen) atoms. The van der Waals surface area contributed by atoms with Crippen molar-refractivity contribution in [3.8, 4) is 0 Å². The van der Waals surface area contributed by atoms with E-state index in [1.165, 1.54) is 5.56 Å². The van der Waals surface area contributed by atoms with Crippen LogP contribution >= 0.6 is 11.6 Å². The first kappa shape index (κ1) is 13.2. The fourth-order valence-electron chi connectivity index (χ4n) is 2.69. The molecule has 0 saturated heterocycles. The molecule has 3 aromatic heterocycles. The normalized spacial score (nSPS) is 11.4. The number of aromatic nitrogens is 4. The number of hydrogen-bond acceptors (Lipinski definition) is 3. The molecule has 0 radical (unpaired) electrons. The Kier molecular flexibility index (Phi) is 3.05. The maximum atomic E-state index is 6.02. The minimum atomic E-state index is 0.483. The molecule has 0 N–H and O–H groups in total. The summed E-state index contributed by atoms with van der Waals surface area (Å²) in [5.41, 5.74) is 3.87. The number of fused-ring (bicyclic) bond motifs is 2. The highest BCUT2D eigenvalue weighted by molar-refractivity contribution is 6.29. The highest BCUT2D eigenvalue weighted by Crippen LogP contribution is 2.20. The Morgan fingerprint density at radius 2 is 1.91 bits per heavy atom. The van der Waals surface area contributed by atoms with Gasteiger partial charge in [-0.25, -0.2) is 9.97 Å². The Labute approximate surface area is 132 Å². The molecule has 4 aromatic rings. The molecule has 0 aliphatic carbocycles. The first-order valence-electron chi connectivity index (χ1n) is 7.04. The maximum Gasteiger partial charge on any atom is 0.162 e. The number of pyridine rings is 2. The second kappa shape index (κ2) is 5.07. The van der Waals surface area contributed by atoms with Crippen LogP contribution in [0.3, 0.4) is 0 Å². The fourth-order valence-corrected chi connectivity index (χ4v) is 2.83. The summed E-state index contributed by atoms with van der Waals surface area (Å²) in [6.07, 6.45) is 1.81. The highest BCUT2D eigenvalue weighted by atomic mass is 35.5. The van der Waals surface area contributed by atoms with Gasteiger partial charge in [-0.1, -0.05) is 23.7 Å². The number of aryl methyl sites for hydroxylation is 1. The highest BCUT2D eigenvalue weighted by Gasteiger charge is 2.10. The van der Waals surface area contributed by atoms with Gasteiger partial charge in [-0.05, 0) is 42.8 Å². The van der Waals surface area contributed by atoms with E-state index in [1.54, 1.807) is 12.3 Å². The zero-order chi connectivity index (χ0) is 15.1. The van der Waals surface area contributed by atoms with Gasteiger partial charge in [0.2, 0.25) is 0 Å².